The van der Waals surface area contributed by atoms with Crippen LogP contribution in [-0.2, 0) is 0 Å². The highest BCUT2D eigenvalue weighted by Crippen LogP contribution is 2.61. The van der Waals surface area contributed by atoms with Crippen LogP contribution in [0.2, 0.25) is 0 Å². The lowest BCUT2D eigenvalue weighted by Gasteiger charge is -2.26. The van der Waals surface area contributed by atoms with Crippen molar-refractivity contribution in [3.05, 3.63) is 34.9 Å². The maximum Gasteiger partial charge on any atom is -0.0125 e. The van der Waals surface area contributed by atoms with E-state index in [0.29, 0.717) is 0 Å². The van der Waals surface area contributed by atoms with Crippen molar-refractivity contribution in [3.63, 3.8) is 0 Å². The molecule has 21 heavy (non-hydrogen) atoms. The van der Waals surface area contributed by atoms with Crippen LogP contribution >= 0.6 is 0 Å². The predicted molar refractivity (Wildman–Crippen MR) is 91.8 cm³/mol. The quantitative estimate of drug-likeness (QED) is 0.609. The molecular formula is C21H32. The molecule has 1 saturated carbocycles. The Morgan fingerprint density at radius 2 is 1.95 bits per heavy atom. The first kappa shape index (κ1) is 15.1. The van der Waals surface area contributed by atoms with Gasteiger partial charge in [-0.3, -0.25) is 0 Å². The van der Waals surface area contributed by atoms with Gasteiger partial charge < -0.3 is 0 Å². The van der Waals surface area contributed by atoms with Crippen LogP contribution in [0, 0.1) is 30.6 Å². The molecule has 0 heterocycles. The summed E-state index contributed by atoms with van der Waals surface area (Å²) in [6.45, 7) is 12.0. The molecule has 0 aromatic heterocycles. The molecule has 1 aromatic carbocycles. The molecule has 0 spiro atoms. The summed E-state index contributed by atoms with van der Waals surface area (Å²) in [5, 5.41) is 0. The molecular weight excluding hydrogens is 252 g/mol. The van der Waals surface area contributed by atoms with Crippen LogP contribution in [0.5, 0.6) is 0 Å². The van der Waals surface area contributed by atoms with Gasteiger partial charge in [-0.2, -0.15) is 0 Å². The van der Waals surface area contributed by atoms with E-state index in [1.165, 1.54) is 25.7 Å². The Labute approximate surface area is 131 Å². The van der Waals surface area contributed by atoms with Gasteiger partial charge in [-0.1, -0.05) is 58.7 Å². The van der Waals surface area contributed by atoms with Crippen molar-refractivity contribution < 1.29 is 0 Å². The van der Waals surface area contributed by atoms with Crippen LogP contribution in [-0.4, -0.2) is 0 Å². The Hall–Kier alpha value is -0.780. The fraction of sp³-hybridized carbons (Fsp3) is 0.714. The third kappa shape index (κ3) is 2.67. The molecule has 0 nitrogen and oxygen atoms in total. The van der Waals surface area contributed by atoms with E-state index in [0.717, 1.165) is 35.5 Å². The summed E-state index contributed by atoms with van der Waals surface area (Å²) in [5.41, 5.74) is 4.98. The number of rotatable bonds is 4. The van der Waals surface area contributed by atoms with Crippen molar-refractivity contribution in [1.82, 2.24) is 0 Å². The zero-order valence-electron chi connectivity index (χ0n) is 14.5. The minimum absolute atomic E-state index is 0.754. The van der Waals surface area contributed by atoms with Crippen molar-refractivity contribution in [2.75, 3.05) is 0 Å². The average Bonchev–Trinajstić information content (AvgIpc) is 3.20. The Bertz CT molecular complexity index is 499. The maximum atomic E-state index is 2.49. The first-order valence-corrected chi connectivity index (χ1v) is 9.14. The molecule has 1 aromatic rings. The molecule has 116 valence electrons. The standard InChI is InChI=1S/C21H32/c1-6-16-15(5)17-9-7-8-14(4)21(17)18(11-10-13(2)3)20-12-19(16)20/h7-9,13,15-16,18-20H,6,10-12H2,1-5H3/t15?,16-,18?,19?,20?/m1/s1. The van der Waals surface area contributed by atoms with Gasteiger partial charge >= 0.3 is 0 Å². The van der Waals surface area contributed by atoms with E-state index in [1.54, 1.807) is 16.7 Å². The molecule has 0 saturated heterocycles. The van der Waals surface area contributed by atoms with Crippen molar-refractivity contribution in [2.45, 2.75) is 72.1 Å². The van der Waals surface area contributed by atoms with Crippen LogP contribution in [0.1, 0.15) is 81.9 Å². The van der Waals surface area contributed by atoms with E-state index >= 15 is 0 Å². The highest BCUT2D eigenvalue weighted by molar-refractivity contribution is 5.42. The molecule has 0 N–H and O–H groups in total. The highest BCUT2D eigenvalue weighted by atomic mass is 14.6. The molecule has 3 rings (SSSR count). The van der Waals surface area contributed by atoms with Gasteiger partial charge in [-0.15, -0.1) is 0 Å². The van der Waals surface area contributed by atoms with E-state index in [-0.39, 0.29) is 0 Å². The predicted octanol–water partition coefficient (Wildman–Crippen LogP) is 6.29. The number of benzene rings is 1. The molecule has 4 unspecified atom stereocenters. The lowest BCUT2D eigenvalue weighted by molar-refractivity contribution is 0.359. The summed E-state index contributed by atoms with van der Waals surface area (Å²) in [5.74, 6) is 5.33. The van der Waals surface area contributed by atoms with E-state index in [2.05, 4.69) is 52.8 Å². The van der Waals surface area contributed by atoms with Crippen LogP contribution in [0.25, 0.3) is 0 Å². The topological polar surface area (TPSA) is 0 Å². The average molecular weight is 284 g/mol. The monoisotopic (exact) mass is 284 g/mol. The first-order chi connectivity index (χ1) is 10.0. The normalized spacial score (nSPS) is 34.3. The lowest BCUT2D eigenvalue weighted by Crippen LogP contribution is -2.12. The van der Waals surface area contributed by atoms with E-state index in [9.17, 15) is 0 Å². The van der Waals surface area contributed by atoms with Crippen molar-refractivity contribution in [2.24, 2.45) is 23.7 Å². The van der Waals surface area contributed by atoms with Gasteiger partial charge in [0.2, 0.25) is 0 Å². The first-order valence-electron chi connectivity index (χ1n) is 9.14. The third-order valence-electron chi connectivity index (χ3n) is 6.35. The van der Waals surface area contributed by atoms with Gasteiger partial charge in [0, 0.05) is 0 Å². The van der Waals surface area contributed by atoms with Gasteiger partial charge in [0.25, 0.3) is 0 Å². The zero-order chi connectivity index (χ0) is 15.1. The zero-order valence-corrected chi connectivity index (χ0v) is 14.5. The Morgan fingerprint density at radius 3 is 2.62 bits per heavy atom. The number of fused-ring (bicyclic) bond motifs is 2. The van der Waals surface area contributed by atoms with Gasteiger partial charge in [-0.25, -0.2) is 0 Å². The number of aryl methyl sites for hydroxylation is 1. The minimum atomic E-state index is 0.754. The number of hydrogen-bond acceptors (Lipinski definition) is 0. The SMILES string of the molecule is CC[C@@H]1C(C)c2cccc(C)c2C(CCC(C)C)C2CC21. The molecule has 1 fully saturated rings. The molecule has 5 atom stereocenters. The van der Waals surface area contributed by atoms with Gasteiger partial charge in [0.1, 0.15) is 0 Å². The lowest BCUT2D eigenvalue weighted by atomic mass is 9.79. The minimum Gasteiger partial charge on any atom is -0.0651 e. The third-order valence-corrected chi connectivity index (χ3v) is 6.35. The van der Waals surface area contributed by atoms with E-state index < -0.39 is 0 Å². The summed E-state index contributed by atoms with van der Waals surface area (Å²) in [6, 6.07) is 7.06. The van der Waals surface area contributed by atoms with Crippen LogP contribution < -0.4 is 0 Å². The summed E-state index contributed by atoms with van der Waals surface area (Å²) in [4.78, 5) is 0. The molecule has 0 radical (unpaired) electrons. The van der Waals surface area contributed by atoms with Crippen molar-refractivity contribution in [1.29, 1.82) is 0 Å². The Kier molecular flexibility index (Phi) is 4.17. The highest BCUT2D eigenvalue weighted by Gasteiger charge is 2.51. The molecule has 0 heteroatoms. The Morgan fingerprint density at radius 1 is 1.19 bits per heavy atom. The van der Waals surface area contributed by atoms with Crippen molar-refractivity contribution >= 4 is 0 Å². The molecule has 2 aliphatic rings. The van der Waals surface area contributed by atoms with E-state index in [4.69, 9.17) is 0 Å². The van der Waals surface area contributed by atoms with Crippen LogP contribution in [0.15, 0.2) is 18.2 Å². The molecule has 0 aliphatic heterocycles. The van der Waals surface area contributed by atoms with Crippen molar-refractivity contribution in [3.8, 4) is 0 Å². The van der Waals surface area contributed by atoms with Gasteiger partial charge in [0.15, 0.2) is 0 Å². The fourth-order valence-corrected chi connectivity index (χ4v) is 5.14. The number of hydrogen-bond donors (Lipinski definition) is 0. The smallest absolute Gasteiger partial charge is 0.0125 e. The molecule has 0 bridgehead atoms. The summed E-state index contributed by atoms with van der Waals surface area (Å²) < 4.78 is 0. The molecule has 0 amide bonds. The summed E-state index contributed by atoms with van der Waals surface area (Å²) in [7, 11) is 0. The Balaban J connectivity index is 2.00. The summed E-state index contributed by atoms with van der Waals surface area (Å²) >= 11 is 0. The second-order valence-electron chi connectivity index (χ2n) is 8.08. The van der Waals surface area contributed by atoms with Crippen LogP contribution in [0.4, 0.5) is 0 Å². The van der Waals surface area contributed by atoms with Crippen LogP contribution in [0.3, 0.4) is 0 Å². The second-order valence-corrected chi connectivity index (χ2v) is 8.08. The summed E-state index contributed by atoms with van der Waals surface area (Å²) in [6.07, 6.45) is 5.64. The van der Waals surface area contributed by atoms with Gasteiger partial charge in [-0.05, 0) is 72.0 Å². The van der Waals surface area contributed by atoms with Gasteiger partial charge in [0.05, 0.1) is 0 Å². The maximum absolute atomic E-state index is 2.49. The second kappa shape index (κ2) is 5.78. The van der Waals surface area contributed by atoms with E-state index in [1.807, 2.05) is 0 Å². The largest absolute Gasteiger partial charge is 0.0651 e. The fourth-order valence-electron chi connectivity index (χ4n) is 5.14. The molecule has 2 aliphatic carbocycles.